The molecular weight excluding hydrogens is 404 g/mol. The number of methoxy groups -OCH3 is 1. The number of primary amides is 1. The number of nitrogens with zero attached hydrogens (tertiary/aromatic N) is 2. The molecule has 1 aromatic heterocycles. The molecule has 2 aromatic rings. The highest BCUT2D eigenvalue weighted by Gasteiger charge is 2.44. The summed E-state index contributed by atoms with van der Waals surface area (Å²) in [6, 6.07) is 7.21. The Kier molecular flexibility index (Phi) is 5.32. The van der Waals surface area contributed by atoms with Gasteiger partial charge >= 0.3 is 6.03 Å². The number of carbonyl (C=O) groups is 2. The fourth-order valence-electron chi connectivity index (χ4n) is 4.65. The molecule has 0 bridgehead atoms. The summed E-state index contributed by atoms with van der Waals surface area (Å²) in [5.41, 5.74) is 8.01. The number of amides is 3. The minimum atomic E-state index is -0.798. The lowest BCUT2D eigenvalue weighted by atomic mass is 9.67. The number of urea groups is 1. The lowest BCUT2D eigenvalue weighted by Gasteiger charge is -2.43. The Morgan fingerprint density at radius 1 is 1.33 bits per heavy atom. The van der Waals surface area contributed by atoms with Crippen LogP contribution in [0.1, 0.15) is 42.4 Å². The van der Waals surface area contributed by atoms with Crippen molar-refractivity contribution >= 4 is 29.4 Å². The largest absolute Gasteiger partial charge is 0.495 e. The number of benzene rings is 1. The van der Waals surface area contributed by atoms with E-state index in [0.717, 1.165) is 16.7 Å². The number of rotatable bonds is 4. The van der Waals surface area contributed by atoms with Crippen molar-refractivity contribution in [2.45, 2.75) is 50.6 Å². The maximum atomic E-state index is 12.7. The van der Waals surface area contributed by atoms with Crippen LogP contribution >= 0.6 is 11.6 Å². The standard InChI is InChI=1S/C22H25ClN4O3/c1-13-7-10-25-19-16(13)12-27(21(29)26-19)15-5-8-22(9-6-15,20(24)28)14-3-4-18(30-2)17(23)11-14/h3-4,7,10-11,15H,5-6,8-9,12H2,1-2H3,(H2,24,28)(H,25,26,29). The Morgan fingerprint density at radius 3 is 2.70 bits per heavy atom. The van der Waals surface area contributed by atoms with Crippen LogP contribution in [0.2, 0.25) is 5.02 Å². The summed E-state index contributed by atoms with van der Waals surface area (Å²) >= 11 is 6.30. The van der Waals surface area contributed by atoms with Gasteiger partial charge < -0.3 is 15.4 Å². The second-order valence-corrected chi connectivity index (χ2v) is 8.45. The molecule has 2 heterocycles. The van der Waals surface area contributed by atoms with Crippen molar-refractivity contribution in [1.82, 2.24) is 9.88 Å². The number of aromatic nitrogens is 1. The van der Waals surface area contributed by atoms with Gasteiger partial charge in [0.1, 0.15) is 11.6 Å². The number of ether oxygens (including phenoxy) is 1. The molecule has 4 rings (SSSR count). The number of nitrogens with two attached hydrogens (primary N) is 1. The molecule has 0 radical (unpaired) electrons. The first-order valence-corrected chi connectivity index (χ1v) is 10.4. The normalized spacial score (nSPS) is 23.5. The van der Waals surface area contributed by atoms with Crippen LogP contribution in [0.25, 0.3) is 0 Å². The van der Waals surface area contributed by atoms with Gasteiger partial charge in [-0.3, -0.25) is 10.1 Å². The molecule has 7 nitrogen and oxygen atoms in total. The highest BCUT2D eigenvalue weighted by Crippen LogP contribution is 2.43. The number of pyridine rings is 1. The van der Waals surface area contributed by atoms with E-state index in [4.69, 9.17) is 22.1 Å². The van der Waals surface area contributed by atoms with Gasteiger partial charge in [0.25, 0.3) is 0 Å². The van der Waals surface area contributed by atoms with Gasteiger partial charge in [-0.25, -0.2) is 9.78 Å². The van der Waals surface area contributed by atoms with Crippen LogP contribution in [0, 0.1) is 6.92 Å². The van der Waals surface area contributed by atoms with E-state index in [1.54, 1.807) is 25.4 Å². The van der Waals surface area contributed by atoms with Gasteiger partial charge in [0, 0.05) is 17.8 Å². The molecule has 158 valence electrons. The number of halogens is 1. The molecular formula is C22H25ClN4O3. The fourth-order valence-corrected chi connectivity index (χ4v) is 4.91. The van der Waals surface area contributed by atoms with Crippen molar-refractivity contribution in [2.24, 2.45) is 5.73 Å². The zero-order valence-electron chi connectivity index (χ0n) is 17.1. The SMILES string of the molecule is COc1ccc(C2(C(N)=O)CCC(N3Cc4c(C)ccnc4NC3=O)CC2)cc1Cl. The average molecular weight is 429 g/mol. The summed E-state index contributed by atoms with van der Waals surface area (Å²) in [5.74, 6) is 0.823. The Balaban J connectivity index is 1.56. The number of aryl methyl sites for hydroxylation is 1. The molecule has 30 heavy (non-hydrogen) atoms. The number of hydrogen-bond acceptors (Lipinski definition) is 4. The molecule has 1 aliphatic heterocycles. The van der Waals surface area contributed by atoms with Gasteiger partial charge in [-0.05, 0) is 61.9 Å². The van der Waals surface area contributed by atoms with Crippen molar-refractivity contribution in [3.05, 3.63) is 52.2 Å². The quantitative estimate of drug-likeness (QED) is 0.774. The lowest BCUT2D eigenvalue weighted by Crippen LogP contribution is -2.51. The van der Waals surface area contributed by atoms with Crippen LogP contribution in [0.15, 0.2) is 30.5 Å². The van der Waals surface area contributed by atoms with Crippen molar-refractivity contribution in [3.8, 4) is 5.75 Å². The van der Waals surface area contributed by atoms with Gasteiger partial charge in [0.15, 0.2) is 0 Å². The summed E-state index contributed by atoms with van der Waals surface area (Å²) < 4.78 is 5.22. The zero-order valence-corrected chi connectivity index (χ0v) is 17.8. The predicted molar refractivity (Wildman–Crippen MR) is 115 cm³/mol. The maximum Gasteiger partial charge on any atom is 0.323 e. The van der Waals surface area contributed by atoms with Crippen LogP contribution in [0.4, 0.5) is 10.6 Å². The molecule has 0 spiro atoms. The summed E-state index contributed by atoms with van der Waals surface area (Å²) in [6.07, 6.45) is 4.16. The van der Waals surface area contributed by atoms with Crippen LogP contribution in [0.5, 0.6) is 5.75 Å². The van der Waals surface area contributed by atoms with E-state index in [1.807, 2.05) is 24.0 Å². The van der Waals surface area contributed by atoms with E-state index in [-0.39, 0.29) is 18.0 Å². The second-order valence-electron chi connectivity index (χ2n) is 8.04. The van der Waals surface area contributed by atoms with Crippen LogP contribution in [-0.2, 0) is 16.8 Å². The third kappa shape index (κ3) is 3.37. The Morgan fingerprint density at radius 2 is 2.07 bits per heavy atom. The van der Waals surface area contributed by atoms with E-state index in [9.17, 15) is 9.59 Å². The van der Waals surface area contributed by atoms with Crippen LogP contribution in [-0.4, -0.2) is 35.0 Å². The molecule has 1 fully saturated rings. The Hall–Kier alpha value is -2.80. The first-order chi connectivity index (χ1) is 14.4. The highest BCUT2D eigenvalue weighted by atomic mass is 35.5. The maximum absolute atomic E-state index is 12.7. The molecule has 0 unspecified atom stereocenters. The van der Waals surface area contributed by atoms with E-state index in [0.29, 0.717) is 48.8 Å². The Labute approximate surface area is 180 Å². The molecule has 2 aliphatic rings. The number of nitrogens with one attached hydrogen (secondary N) is 1. The summed E-state index contributed by atoms with van der Waals surface area (Å²) in [6.45, 7) is 2.53. The van der Waals surface area contributed by atoms with Gasteiger partial charge in [0.05, 0.1) is 24.1 Å². The number of fused-ring (bicyclic) bond motifs is 1. The smallest absolute Gasteiger partial charge is 0.323 e. The predicted octanol–water partition coefficient (Wildman–Crippen LogP) is 3.77. The van der Waals surface area contributed by atoms with Crippen molar-refractivity contribution in [1.29, 1.82) is 0 Å². The van der Waals surface area contributed by atoms with Crippen molar-refractivity contribution < 1.29 is 14.3 Å². The first kappa shape index (κ1) is 20.5. The Bertz CT molecular complexity index is 1000. The number of hydrogen-bond donors (Lipinski definition) is 2. The third-order valence-corrected chi connectivity index (χ3v) is 6.83. The summed E-state index contributed by atoms with van der Waals surface area (Å²) in [5, 5.41) is 3.35. The minimum Gasteiger partial charge on any atom is -0.495 e. The topological polar surface area (TPSA) is 97.6 Å². The number of anilines is 1. The molecule has 3 N–H and O–H groups in total. The fraction of sp³-hybridized carbons (Fsp3) is 0.409. The van der Waals surface area contributed by atoms with Crippen LogP contribution in [0.3, 0.4) is 0 Å². The van der Waals surface area contributed by atoms with Crippen molar-refractivity contribution in [2.75, 3.05) is 12.4 Å². The summed E-state index contributed by atoms with van der Waals surface area (Å²) in [4.78, 5) is 31.4. The van der Waals surface area contributed by atoms with E-state index in [1.165, 1.54) is 0 Å². The molecule has 8 heteroatoms. The highest BCUT2D eigenvalue weighted by molar-refractivity contribution is 6.32. The third-order valence-electron chi connectivity index (χ3n) is 6.53. The second kappa shape index (κ2) is 7.80. The molecule has 1 aromatic carbocycles. The van der Waals surface area contributed by atoms with E-state index in [2.05, 4.69) is 10.3 Å². The molecule has 0 saturated heterocycles. The minimum absolute atomic E-state index is 0.0268. The van der Waals surface area contributed by atoms with Crippen molar-refractivity contribution in [3.63, 3.8) is 0 Å². The van der Waals surface area contributed by atoms with E-state index < -0.39 is 5.41 Å². The van der Waals surface area contributed by atoms with Crippen LogP contribution < -0.4 is 15.8 Å². The lowest BCUT2D eigenvalue weighted by molar-refractivity contribution is -0.125. The molecule has 1 saturated carbocycles. The van der Waals surface area contributed by atoms with Gasteiger partial charge in [-0.15, -0.1) is 0 Å². The summed E-state index contributed by atoms with van der Waals surface area (Å²) in [7, 11) is 1.55. The molecule has 0 atom stereocenters. The van der Waals surface area contributed by atoms with E-state index >= 15 is 0 Å². The van der Waals surface area contributed by atoms with Gasteiger partial charge in [-0.2, -0.15) is 0 Å². The van der Waals surface area contributed by atoms with Gasteiger partial charge in [0.2, 0.25) is 5.91 Å². The zero-order chi connectivity index (χ0) is 21.5. The van der Waals surface area contributed by atoms with Gasteiger partial charge in [-0.1, -0.05) is 17.7 Å². The monoisotopic (exact) mass is 428 g/mol. The average Bonchev–Trinajstić information content (AvgIpc) is 2.73. The molecule has 1 aliphatic carbocycles. The first-order valence-electron chi connectivity index (χ1n) is 10.0. The molecule has 3 amide bonds. The number of carbonyl (C=O) groups excluding carboxylic acids is 2.